The van der Waals surface area contributed by atoms with Crippen LogP contribution in [-0.4, -0.2) is 72.7 Å². The lowest BCUT2D eigenvalue weighted by Crippen LogP contribution is -2.51. The molecule has 0 saturated heterocycles. The van der Waals surface area contributed by atoms with Gasteiger partial charge >= 0.3 is 0 Å². The monoisotopic (exact) mass is 784 g/mol. The Morgan fingerprint density at radius 1 is 0.333 bits per heavy atom. The molecule has 0 rings (SSSR count). The Kier molecular flexibility index (Phi) is 82.0. The van der Waals surface area contributed by atoms with Crippen LogP contribution in [0.3, 0.4) is 0 Å². The van der Waals surface area contributed by atoms with Crippen LogP contribution >= 0.6 is 0 Å². The lowest BCUT2D eigenvalue weighted by atomic mass is 10.1. The standard InChI is InChI=1S/3C12H24O2.3C2H7NO/c3*1-2-3-4-5-6-7-8-9-10-11-12(13)14;3*3-1-2-4/h3*2-11H2,1H3,(H,13,14);3*4H,1-3H2. The molecule has 0 aliphatic heterocycles. The Bertz CT molecular complexity index is 569. The highest BCUT2D eigenvalue weighted by molar-refractivity contribution is 5.64. The maximum atomic E-state index is 10.1. The van der Waals surface area contributed by atoms with E-state index in [0.29, 0.717) is 19.6 Å². The minimum absolute atomic E-state index is 0.208. The average Bonchev–Trinajstić information content (AvgIpc) is 3.16. The summed E-state index contributed by atoms with van der Waals surface area (Å²) >= 11 is 0. The van der Waals surface area contributed by atoms with Crippen LogP contribution in [0.15, 0.2) is 0 Å². The number of carbonyl (C=O) groups is 3. The fraction of sp³-hybridized carbons (Fsp3) is 0.929. The van der Waals surface area contributed by atoms with E-state index in [1.165, 1.54) is 135 Å². The van der Waals surface area contributed by atoms with Crippen molar-refractivity contribution in [1.29, 1.82) is 0 Å². The van der Waals surface area contributed by atoms with Gasteiger partial charge in [-0.25, -0.2) is 0 Å². The Labute approximate surface area is 332 Å². The van der Waals surface area contributed by atoms with Crippen molar-refractivity contribution >= 4 is 17.9 Å². The number of carboxylic acid groups (broad SMARTS) is 3. The Morgan fingerprint density at radius 3 is 0.574 bits per heavy atom. The first-order valence-electron chi connectivity index (χ1n) is 21.9. The van der Waals surface area contributed by atoms with Gasteiger partial charge in [-0.1, -0.05) is 175 Å². The summed E-state index contributed by atoms with van der Waals surface area (Å²) < 4.78 is 0. The van der Waals surface area contributed by atoms with Crippen molar-refractivity contribution in [2.75, 3.05) is 39.5 Å². The number of aliphatic hydroxyl groups excluding tert-OH is 3. The number of aliphatic carboxylic acids is 3. The highest BCUT2D eigenvalue weighted by Gasteiger charge is 1.94. The number of carbonyl (C=O) groups excluding carboxylic acids is 3. The van der Waals surface area contributed by atoms with Gasteiger partial charge in [0.2, 0.25) is 0 Å². The Morgan fingerprint density at radius 2 is 0.463 bits per heavy atom. The number of hydrogen-bond donors (Lipinski definition) is 6. The molecule has 0 aromatic rings. The van der Waals surface area contributed by atoms with E-state index in [-0.39, 0.29) is 39.1 Å². The molecule has 12 heteroatoms. The molecule has 0 radical (unpaired) electrons. The van der Waals surface area contributed by atoms with E-state index >= 15 is 0 Å². The van der Waals surface area contributed by atoms with Gasteiger partial charge in [-0.2, -0.15) is 0 Å². The second-order valence-corrected chi connectivity index (χ2v) is 13.6. The minimum atomic E-state index is -0.909. The van der Waals surface area contributed by atoms with Crippen LogP contribution in [0, 0.1) is 0 Å². The molecule has 0 amide bonds. The maximum absolute atomic E-state index is 10.1. The maximum Gasteiger partial charge on any atom is 0.0974 e. The average molecular weight is 784 g/mol. The van der Waals surface area contributed by atoms with Crippen molar-refractivity contribution in [2.24, 2.45) is 0 Å². The summed E-state index contributed by atoms with van der Waals surface area (Å²) in [6.07, 6.45) is 33.5. The van der Waals surface area contributed by atoms with Crippen molar-refractivity contribution in [2.45, 2.75) is 213 Å². The third-order valence-corrected chi connectivity index (χ3v) is 7.93. The number of hydrogen-bond acceptors (Lipinski definition) is 9. The highest BCUT2D eigenvalue weighted by Crippen LogP contribution is 2.12. The molecule has 0 unspecified atom stereocenters. The van der Waals surface area contributed by atoms with Gasteiger partial charge in [0.05, 0.1) is 39.5 Å². The summed E-state index contributed by atoms with van der Waals surface area (Å²) in [6.45, 7) is 9.17. The first-order chi connectivity index (χ1) is 26.1. The van der Waals surface area contributed by atoms with Crippen LogP contribution in [0.1, 0.15) is 213 Å². The van der Waals surface area contributed by atoms with E-state index in [2.05, 4.69) is 38.0 Å². The molecule has 0 spiro atoms. The largest absolute Gasteiger partial charge is 0.550 e. The molecule has 12 N–H and O–H groups in total. The van der Waals surface area contributed by atoms with Gasteiger partial charge in [0.1, 0.15) is 0 Å². The van der Waals surface area contributed by atoms with Crippen LogP contribution in [0.4, 0.5) is 0 Å². The Hall–Kier alpha value is -1.83. The van der Waals surface area contributed by atoms with Gasteiger partial charge in [-0.05, 0) is 38.5 Å². The Balaban J connectivity index is -0.000000139. The molecule has 0 saturated carbocycles. The minimum Gasteiger partial charge on any atom is -0.550 e. The predicted molar refractivity (Wildman–Crippen MR) is 215 cm³/mol. The first kappa shape index (κ1) is 64.1. The topological polar surface area (TPSA) is 264 Å². The van der Waals surface area contributed by atoms with E-state index in [1.807, 2.05) is 0 Å². The van der Waals surface area contributed by atoms with Crippen LogP contribution in [0.5, 0.6) is 0 Å². The molecule has 54 heavy (non-hydrogen) atoms. The van der Waals surface area contributed by atoms with Crippen LogP contribution < -0.4 is 32.5 Å². The summed E-state index contributed by atoms with van der Waals surface area (Å²) in [4.78, 5) is 30.3. The van der Waals surface area contributed by atoms with Gasteiger partial charge in [-0.15, -0.1) is 0 Å². The van der Waals surface area contributed by atoms with E-state index in [4.69, 9.17) is 15.3 Å². The third kappa shape index (κ3) is 104. The van der Waals surface area contributed by atoms with Gasteiger partial charge in [-0.3, -0.25) is 0 Å². The highest BCUT2D eigenvalue weighted by atomic mass is 16.4. The number of aliphatic hydroxyl groups is 3. The molecular formula is C42H93N3O9. The van der Waals surface area contributed by atoms with Crippen molar-refractivity contribution in [3.63, 3.8) is 0 Å². The van der Waals surface area contributed by atoms with E-state index < -0.39 is 17.9 Å². The normalized spacial score (nSPS) is 9.72. The lowest BCUT2D eigenvalue weighted by Gasteiger charge is -2.02. The molecular weight excluding hydrogens is 690 g/mol. The van der Waals surface area contributed by atoms with Gasteiger partial charge in [0.25, 0.3) is 0 Å². The van der Waals surface area contributed by atoms with Crippen LogP contribution in [0.2, 0.25) is 0 Å². The molecule has 0 fully saturated rings. The van der Waals surface area contributed by atoms with E-state index in [9.17, 15) is 29.7 Å². The summed E-state index contributed by atoms with van der Waals surface area (Å²) in [5.74, 6) is -2.73. The van der Waals surface area contributed by atoms with Gasteiger partial charge in [0.15, 0.2) is 0 Å². The molecule has 12 nitrogen and oxygen atoms in total. The second-order valence-electron chi connectivity index (χ2n) is 13.6. The van der Waals surface area contributed by atoms with Crippen molar-refractivity contribution < 1.29 is 62.2 Å². The SMILES string of the molecule is CCCCCCCCCCCC(=O)[O-].CCCCCCCCCCCC(=O)[O-].CCCCCCCCCCCC(=O)[O-].[NH3+]CCO.[NH3+]CCO.[NH3+]CCO. The number of quaternary nitrogens is 3. The van der Waals surface area contributed by atoms with E-state index in [1.54, 1.807) is 0 Å². The fourth-order valence-electron chi connectivity index (χ4n) is 4.74. The zero-order chi connectivity index (χ0) is 42.2. The molecule has 330 valence electrons. The lowest BCUT2D eigenvalue weighted by molar-refractivity contribution is -0.372. The third-order valence-electron chi connectivity index (χ3n) is 7.93. The number of carboxylic acids is 3. The van der Waals surface area contributed by atoms with Gasteiger partial charge < -0.3 is 62.2 Å². The summed E-state index contributed by atoms with van der Waals surface area (Å²) in [6, 6.07) is 0. The second kappa shape index (κ2) is 69.1. The van der Waals surface area contributed by atoms with Crippen LogP contribution in [0.25, 0.3) is 0 Å². The molecule has 0 aliphatic rings. The fourth-order valence-corrected chi connectivity index (χ4v) is 4.74. The summed E-state index contributed by atoms with van der Waals surface area (Å²) in [5, 5.41) is 53.7. The van der Waals surface area contributed by atoms with Crippen molar-refractivity contribution in [1.82, 2.24) is 0 Å². The van der Waals surface area contributed by atoms with E-state index in [0.717, 1.165) is 38.5 Å². The van der Waals surface area contributed by atoms with Crippen molar-refractivity contribution in [3.05, 3.63) is 0 Å². The quantitative estimate of drug-likeness (QED) is 0.0534. The van der Waals surface area contributed by atoms with Gasteiger partial charge in [0, 0.05) is 17.9 Å². The zero-order valence-corrected chi connectivity index (χ0v) is 35.9. The first-order valence-corrected chi connectivity index (χ1v) is 21.9. The molecule has 0 aliphatic carbocycles. The smallest absolute Gasteiger partial charge is 0.0974 e. The van der Waals surface area contributed by atoms with Crippen LogP contribution in [-0.2, 0) is 14.4 Å². The molecule has 0 heterocycles. The molecule has 0 aromatic carbocycles. The summed E-state index contributed by atoms with van der Waals surface area (Å²) in [5.41, 5.74) is 10.1. The zero-order valence-electron chi connectivity index (χ0n) is 35.9. The predicted octanol–water partition coefficient (Wildman–Crippen LogP) is 2.63. The summed E-state index contributed by atoms with van der Waals surface area (Å²) in [7, 11) is 0. The molecule has 0 bridgehead atoms. The number of unbranched alkanes of at least 4 members (excludes halogenated alkanes) is 24. The molecule has 0 aromatic heterocycles. The van der Waals surface area contributed by atoms with Crippen molar-refractivity contribution in [3.8, 4) is 0 Å². The number of rotatable bonds is 33. The molecule has 0 atom stereocenters.